The average molecular weight is 262 g/mol. The van der Waals surface area contributed by atoms with E-state index in [0.717, 1.165) is 11.6 Å². The van der Waals surface area contributed by atoms with E-state index in [-0.39, 0.29) is 11.3 Å². The highest BCUT2D eigenvalue weighted by atomic mass is 35.5. The molecule has 2 nitrogen and oxygen atoms in total. The van der Waals surface area contributed by atoms with Gasteiger partial charge in [0.15, 0.2) is 0 Å². The average Bonchev–Trinajstić information content (AvgIpc) is 2.33. The van der Waals surface area contributed by atoms with Crippen molar-refractivity contribution in [3.05, 3.63) is 58.4 Å². The summed E-state index contributed by atoms with van der Waals surface area (Å²) < 4.78 is 18.7. The Kier molecular flexibility index (Phi) is 3.50. The van der Waals surface area contributed by atoms with Gasteiger partial charge >= 0.3 is 0 Å². The van der Waals surface area contributed by atoms with Gasteiger partial charge in [-0.2, -0.15) is 5.26 Å². The number of nitrogens with zero attached hydrogens (tertiary/aromatic N) is 1. The fourth-order valence-corrected chi connectivity index (χ4v) is 1.62. The standard InChI is InChI=1S/C14H9ClFNO/c1-9-4-12(2-3-14(9)15)18-13-6-10(8-17)5-11(16)7-13/h2-7H,1H3. The van der Waals surface area contributed by atoms with Crippen LogP contribution in [0.15, 0.2) is 36.4 Å². The molecule has 0 amide bonds. The molecule has 0 saturated carbocycles. The predicted octanol–water partition coefficient (Wildman–Crippen LogP) is 4.45. The molecule has 0 N–H and O–H groups in total. The highest BCUT2D eigenvalue weighted by Gasteiger charge is 2.04. The Morgan fingerprint density at radius 1 is 1.17 bits per heavy atom. The van der Waals surface area contributed by atoms with Crippen molar-refractivity contribution in [2.75, 3.05) is 0 Å². The van der Waals surface area contributed by atoms with Crippen LogP contribution < -0.4 is 4.74 Å². The summed E-state index contributed by atoms with van der Waals surface area (Å²) in [6.07, 6.45) is 0. The number of benzene rings is 2. The molecule has 0 saturated heterocycles. The molecule has 4 heteroatoms. The predicted molar refractivity (Wildman–Crippen MR) is 67.4 cm³/mol. The number of aryl methyl sites for hydroxylation is 1. The molecule has 0 fully saturated rings. The van der Waals surface area contributed by atoms with Crippen molar-refractivity contribution >= 4 is 11.6 Å². The molecule has 0 aliphatic carbocycles. The molecule has 0 bridgehead atoms. The second kappa shape index (κ2) is 5.07. The summed E-state index contributed by atoms with van der Waals surface area (Å²) in [6, 6.07) is 10.9. The second-order valence-corrected chi connectivity index (χ2v) is 4.21. The van der Waals surface area contributed by atoms with Crippen LogP contribution in [0.25, 0.3) is 0 Å². The summed E-state index contributed by atoms with van der Waals surface area (Å²) in [5.41, 5.74) is 1.08. The molecule has 90 valence electrons. The Balaban J connectivity index is 2.31. The zero-order valence-corrected chi connectivity index (χ0v) is 10.3. The van der Waals surface area contributed by atoms with Crippen molar-refractivity contribution in [1.82, 2.24) is 0 Å². The summed E-state index contributed by atoms with van der Waals surface area (Å²) >= 11 is 5.90. The third-order valence-electron chi connectivity index (χ3n) is 2.37. The molecule has 18 heavy (non-hydrogen) atoms. The summed E-state index contributed by atoms with van der Waals surface area (Å²) in [5.74, 6) is 0.328. The lowest BCUT2D eigenvalue weighted by Gasteiger charge is -2.07. The van der Waals surface area contributed by atoms with Crippen LogP contribution in [0, 0.1) is 24.1 Å². The van der Waals surface area contributed by atoms with E-state index in [1.165, 1.54) is 12.1 Å². The van der Waals surface area contributed by atoms with E-state index in [9.17, 15) is 4.39 Å². The Hall–Kier alpha value is -2.05. The SMILES string of the molecule is Cc1cc(Oc2cc(F)cc(C#N)c2)ccc1Cl. The molecule has 2 aromatic rings. The maximum Gasteiger partial charge on any atom is 0.131 e. The molecule has 0 atom stereocenters. The van der Waals surface area contributed by atoms with Gasteiger partial charge in [0, 0.05) is 11.1 Å². The largest absolute Gasteiger partial charge is 0.457 e. The minimum atomic E-state index is -0.505. The lowest BCUT2D eigenvalue weighted by atomic mass is 10.2. The van der Waals surface area contributed by atoms with Gasteiger partial charge in [-0.3, -0.25) is 0 Å². The first-order valence-electron chi connectivity index (χ1n) is 5.23. The monoisotopic (exact) mass is 261 g/mol. The smallest absolute Gasteiger partial charge is 0.131 e. The maximum atomic E-state index is 13.2. The van der Waals surface area contributed by atoms with Gasteiger partial charge in [-0.1, -0.05) is 11.6 Å². The maximum absolute atomic E-state index is 13.2. The van der Waals surface area contributed by atoms with Crippen LogP contribution in [0.4, 0.5) is 4.39 Å². The second-order valence-electron chi connectivity index (χ2n) is 3.80. The minimum Gasteiger partial charge on any atom is -0.457 e. The molecule has 0 heterocycles. The molecular weight excluding hydrogens is 253 g/mol. The third kappa shape index (κ3) is 2.79. The Bertz CT molecular complexity index is 634. The lowest BCUT2D eigenvalue weighted by Crippen LogP contribution is -1.88. The lowest BCUT2D eigenvalue weighted by molar-refractivity contribution is 0.476. The first-order chi connectivity index (χ1) is 8.58. The van der Waals surface area contributed by atoms with Crippen LogP contribution in [0.2, 0.25) is 5.02 Å². The van der Waals surface area contributed by atoms with Gasteiger partial charge in [0.05, 0.1) is 11.6 Å². The Morgan fingerprint density at radius 3 is 2.61 bits per heavy atom. The van der Waals surface area contributed by atoms with E-state index in [0.29, 0.717) is 10.8 Å². The van der Waals surface area contributed by atoms with Crippen molar-refractivity contribution in [1.29, 1.82) is 5.26 Å². The van der Waals surface area contributed by atoms with Crippen molar-refractivity contribution in [2.24, 2.45) is 0 Å². The normalized spacial score (nSPS) is 9.89. The van der Waals surface area contributed by atoms with E-state index in [1.807, 2.05) is 13.0 Å². The highest BCUT2D eigenvalue weighted by molar-refractivity contribution is 6.31. The quantitative estimate of drug-likeness (QED) is 0.800. The van der Waals surface area contributed by atoms with E-state index < -0.39 is 5.82 Å². The van der Waals surface area contributed by atoms with Crippen LogP contribution in [-0.4, -0.2) is 0 Å². The number of halogens is 2. The number of nitriles is 1. The van der Waals surface area contributed by atoms with E-state index in [4.69, 9.17) is 21.6 Å². The van der Waals surface area contributed by atoms with Gasteiger partial charge in [0.2, 0.25) is 0 Å². The van der Waals surface area contributed by atoms with Gasteiger partial charge < -0.3 is 4.74 Å². The fraction of sp³-hybridized carbons (Fsp3) is 0.0714. The highest BCUT2D eigenvalue weighted by Crippen LogP contribution is 2.27. The van der Waals surface area contributed by atoms with Crippen LogP contribution in [0.1, 0.15) is 11.1 Å². The van der Waals surface area contributed by atoms with E-state index >= 15 is 0 Å². The van der Waals surface area contributed by atoms with Crippen LogP contribution in [0.3, 0.4) is 0 Å². The zero-order valence-electron chi connectivity index (χ0n) is 9.58. The van der Waals surface area contributed by atoms with Crippen molar-refractivity contribution in [3.8, 4) is 17.6 Å². The Labute approximate surface area is 109 Å². The van der Waals surface area contributed by atoms with Crippen molar-refractivity contribution < 1.29 is 9.13 Å². The molecule has 0 radical (unpaired) electrons. The zero-order chi connectivity index (χ0) is 13.1. The van der Waals surface area contributed by atoms with Crippen LogP contribution in [-0.2, 0) is 0 Å². The summed E-state index contributed by atoms with van der Waals surface area (Å²) in [4.78, 5) is 0. The van der Waals surface area contributed by atoms with Gasteiger partial charge in [-0.15, -0.1) is 0 Å². The van der Waals surface area contributed by atoms with Gasteiger partial charge in [0.25, 0.3) is 0 Å². The molecule has 2 aromatic carbocycles. The van der Waals surface area contributed by atoms with E-state index in [2.05, 4.69) is 0 Å². The molecule has 0 spiro atoms. The topological polar surface area (TPSA) is 33.0 Å². The summed E-state index contributed by atoms with van der Waals surface area (Å²) in [6.45, 7) is 1.85. The summed E-state index contributed by atoms with van der Waals surface area (Å²) in [7, 11) is 0. The van der Waals surface area contributed by atoms with Crippen molar-refractivity contribution in [3.63, 3.8) is 0 Å². The van der Waals surface area contributed by atoms with Crippen LogP contribution >= 0.6 is 11.6 Å². The molecule has 2 rings (SSSR count). The number of hydrogen-bond acceptors (Lipinski definition) is 2. The third-order valence-corrected chi connectivity index (χ3v) is 2.79. The molecule has 0 aromatic heterocycles. The van der Waals surface area contributed by atoms with Gasteiger partial charge in [-0.05, 0) is 42.8 Å². The van der Waals surface area contributed by atoms with Crippen LogP contribution in [0.5, 0.6) is 11.5 Å². The van der Waals surface area contributed by atoms with Gasteiger partial charge in [-0.25, -0.2) is 4.39 Å². The Morgan fingerprint density at radius 2 is 1.94 bits per heavy atom. The van der Waals surface area contributed by atoms with E-state index in [1.54, 1.807) is 18.2 Å². The number of hydrogen-bond donors (Lipinski definition) is 0. The molecule has 0 unspecified atom stereocenters. The molecular formula is C14H9ClFNO. The minimum absolute atomic E-state index is 0.218. The fourth-order valence-electron chi connectivity index (χ4n) is 1.50. The number of rotatable bonds is 2. The number of ether oxygens (including phenoxy) is 1. The molecule has 0 aliphatic heterocycles. The first-order valence-corrected chi connectivity index (χ1v) is 5.61. The molecule has 0 aliphatic rings. The van der Waals surface area contributed by atoms with Crippen molar-refractivity contribution in [2.45, 2.75) is 6.92 Å². The van der Waals surface area contributed by atoms with Gasteiger partial charge in [0.1, 0.15) is 17.3 Å². The summed E-state index contributed by atoms with van der Waals surface area (Å²) in [5, 5.41) is 9.38. The first kappa shape index (κ1) is 12.4.